The topological polar surface area (TPSA) is 47.9 Å². The van der Waals surface area contributed by atoms with Gasteiger partial charge < -0.3 is 19.3 Å². The molecule has 3 aromatic carbocycles. The second-order valence-corrected chi connectivity index (χ2v) is 8.95. The molecule has 4 nitrogen and oxygen atoms in total. The monoisotopic (exact) mass is 436 g/mol. The van der Waals surface area contributed by atoms with Crippen LogP contribution in [-0.2, 0) is 34.0 Å². The molecule has 1 aliphatic heterocycles. The lowest BCUT2D eigenvalue weighted by Crippen LogP contribution is -2.39. The van der Waals surface area contributed by atoms with Crippen molar-refractivity contribution in [3.63, 3.8) is 0 Å². The van der Waals surface area contributed by atoms with Crippen LogP contribution in [0.15, 0.2) is 91.0 Å². The van der Waals surface area contributed by atoms with E-state index in [2.05, 4.69) is 0 Å². The zero-order valence-corrected chi connectivity index (χ0v) is 18.2. The van der Waals surface area contributed by atoms with Crippen molar-refractivity contribution in [3.8, 4) is 0 Å². The lowest BCUT2D eigenvalue weighted by atomic mass is 10.1. The number of benzene rings is 3. The van der Waals surface area contributed by atoms with Crippen molar-refractivity contribution in [2.24, 2.45) is 0 Å². The fraction of sp³-hybridized carbons (Fsp3) is 0.308. The average molecular weight is 437 g/mol. The molecule has 0 spiro atoms. The second kappa shape index (κ2) is 11.5. The van der Waals surface area contributed by atoms with Crippen LogP contribution < -0.4 is 0 Å². The summed E-state index contributed by atoms with van der Waals surface area (Å²) < 4.78 is 18.4. The highest BCUT2D eigenvalue weighted by Crippen LogP contribution is 2.38. The molecular weight excluding hydrogens is 408 g/mol. The predicted molar refractivity (Wildman–Crippen MR) is 124 cm³/mol. The Labute approximate surface area is 188 Å². The standard InChI is InChI=1S/C26H28O4S/c27-26-25(30-18-22-14-8-3-9-15-22)24(29-17-21-12-6-2-7-13-21)23(31-26)19-28-16-20-10-4-1-5-11-20/h1-15,23-27H,16-19H2/t23-,24-,25+,26?/m0/s1. The number of thioether (sulfide) groups is 1. The molecule has 1 fully saturated rings. The van der Waals surface area contributed by atoms with Crippen molar-refractivity contribution in [1.82, 2.24) is 0 Å². The van der Waals surface area contributed by atoms with E-state index in [0.29, 0.717) is 26.4 Å². The number of aliphatic hydroxyl groups is 1. The summed E-state index contributed by atoms with van der Waals surface area (Å²) in [5.41, 5.74) is 2.64. The maximum Gasteiger partial charge on any atom is 0.128 e. The van der Waals surface area contributed by atoms with Crippen molar-refractivity contribution < 1.29 is 19.3 Å². The summed E-state index contributed by atoms with van der Waals surface area (Å²) in [6.07, 6.45) is -0.682. The van der Waals surface area contributed by atoms with Crippen LogP contribution in [-0.4, -0.2) is 34.6 Å². The molecule has 0 saturated carbocycles. The Morgan fingerprint density at radius 1 is 0.613 bits per heavy atom. The molecule has 1 N–H and O–H groups in total. The zero-order chi connectivity index (χ0) is 21.3. The van der Waals surface area contributed by atoms with E-state index < -0.39 is 11.5 Å². The number of rotatable bonds is 10. The van der Waals surface area contributed by atoms with Gasteiger partial charge in [0.25, 0.3) is 0 Å². The number of ether oxygens (including phenoxy) is 3. The quantitative estimate of drug-likeness (QED) is 0.494. The Morgan fingerprint density at radius 3 is 1.58 bits per heavy atom. The summed E-state index contributed by atoms with van der Waals surface area (Å²) in [4.78, 5) is 0. The van der Waals surface area contributed by atoms with E-state index in [4.69, 9.17) is 14.2 Å². The highest BCUT2D eigenvalue weighted by Gasteiger charge is 2.45. The van der Waals surface area contributed by atoms with Crippen LogP contribution in [0.4, 0.5) is 0 Å². The van der Waals surface area contributed by atoms with E-state index in [-0.39, 0.29) is 11.4 Å². The van der Waals surface area contributed by atoms with Crippen molar-refractivity contribution in [1.29, 1.82) is 0 Å². The third-order valence-electron chi connectivity index (χ3n) is 5.25. The third kappa shape index (κ3) is 6.42. The second-order valence-electron chi connectivity index (χ2n) is 7.59. The van der Waals surface area contributed by atoms with Gasteiger partial charge in [-0.3, -0.25) is 0 Å². The molecule has 0 amide bonds. The minimum Gasteiger partial charge on any atom is -0.380 e. The summed E-state index contributed by atoms with van der Waals surface area (Å²) in [5, 5.41) is 10.7. The van der Waals surface area contributed by atoms with Crippen LogP contribution in [0.5, 0.6) is 0 Å². The summed E-state index contributed by atoms with van der Waals surface area (Å²) in [6.45, 7) is 1.93. The van der Waals surface area contributed by atoms with Gasteiger partial charge in [-0.25, -0.2) is 0 Å². The molecule has 5 heteroatoms. The minimum atomic E-state index is -0.658. The fourth-order valence-electron chi connectivity index (χ4n) is 3.62. The molecule has 162 valence electrons. The highest BCUT2D eigenvalue weighted by atomic mass is 32.2. The van der Waals surface area contributed by atoms with Gasteiger partial charge in [-0.05, 0) is 16.7 Å². The molecule has 1 saturated heterocycles. The molecule has 1 unspecified atom stereocenters. The van der Waals surface area contributed by atoms with E-state index in [9.17, 15) is 5.11 Å². The summed E-state index contributed by atoms with van der Waals surface area (Å²) >= 11 is 1.47. The van der Waals surface area contributed by atoms with Gasteiger partial charge in [0.1, 0.15) is 17.6 Å². The molecule has 0 radical (unpaired) electrons. The molecule has 4 atom stereocenters. The fourth-order valence-corrected chi connectivity index (χ4v) is 4.93. The van der Waals surface area contributed by atoms with E-state index >= 15 is 0 Å². The van der Waals surface area contributed by atoms with Gasteiger partial charge in [0.05, 0.1) is 31.7 Å². The van der Waals surface area contributed by atoms with Crippen molar-refractivity contribution >= 4 is 11.8 Å². The van der Waals surface area contributed by atoms with Gasteiger partial charge in [0.2, 0.25) is 0 Å². The molecule has 3 aromatic rings. The lowest BCUT2D eigenvalue weighted by molar-refractivity contribution is -0.107. The van der Waals surface area contributed by atoms with Crippen LogP contribution in [0.1, 0.15) is 16.7 Å². The first kappa shape index (κ1) is 22.1. The van der Waals surface area contributed by atoms with Gasteiger partial charge in [0.15, 0.2) is 0 Å². The molecule has 0 aromatic heterocycles. The van der Waals surface area contributed by atoms with Crippen LogP contribution in [0.25, 0.3) is 0 Å². The van der Waals surface area contributed by atoms with Crippen LogP contribution >= 0.6 is 11.8 Å². The molecule has 0 bridgehead atoms. The molecule has 1 heterocycles. The average Bonchev–Trinajstić information content (AvgIpc) is 3.12. The number of hydrogen-bond donors (Lipinski definition) is 1. The Bertz CT molecular complexity index is 891. The molecule has 4 rings (SSSR count). The normalized spacial score (nSPS) is 23.1. The van der Waals surface area contributed by atoms with E-state index in [1.165, 1.54) is 11.8 Å². The Hall–Kier alpha value is -2.15. The molecule has 1 aliphatic rings. The maximum absolute atomic E-state index is 10.7. The summed E-state index contributed by atoms with van der Waals surface area (Å²) in [5.74, 6) is 0. The lowest BCUT2D eigenvalue weighted by Gasteiger charge is -2.25. The Balaban J connectivity index is 1.39. The van der Waals surface area contributed by atoms with Gasteiger partial charge in [-0.2, -0.15) is 0 Å². The van der Waals surface area contributed by atoms with Gasteiger partial charge in [-0.1, -0.05) is 91.0 Å². The summed E-state index contributed by atoms with van der Waals surface area (Å²) in [6, 6.07) is 30.2. The van der Waals surface area contributed by atoms with E-state index in [0.717, 1.165) is 16.7 Å². The SMILES string of the molecule is OC1S[C@@H](COCc2ccccc2)[C@H](OCc2ccccc2)[C@H]1OCc1ccccc1. The minimum absolute atomic E-state index is 0.0109. The van der Waals surface area contributed by atoms with E-state index in [1.807, 2.05) is 91.0 Å². The highest BCUT2D eigenvalue weighted by molar-refractivity contribution is 8.00. The van der Waals surface area contributed by atoms with Crippen LogP contribution in [0.2, 0.25) is 0 Å². The van der Waals surface area contributed by atoms with Crippen molar-refractivity contribution in [2.45, 2.75) is 42.7 Å². The van der Waals surface area contributed by atoms with Crippen LogP contribution in [0, 0.1) is 0 Å². The molecule has 0 aliphatic carbocycles. The first-order valence-corrected chi connectivity index (χ1v) is 11.5. The molecular formula is C26H28O4S. The Morgan fingerprint density at radius 2 is 1.06 bits per heavy atom. The van der Waals surface area contributed by atoms with E-state index in [1.54, 1.807) is 0 Å². The number of hydrogen-bond acceptors (Lipinski definition) is 5. The van der Waals surface area contributed by atoms with Gasteiger partial charge >= 0.3 is 0 Å². The molecule has 31 heavy (non-hydrogen) atoms. The largest absolute Gasteiger partial charge is 0.380 e. The third-order valence-corrected chi connectivity index (χ3v) is 6.55. The van der Waals surface area contributed by atoms with Crippen LogP contribution in [0.3, 0.4) is 0 Å². The van der Waals surface area contributed by atoms with Crippen molar-refractivity contribution in [2.75, 3.05) is 6.61 Å². The van der Waals surface area contributed by atoms with Gasteiger partial charge in [-0.15, -0.1) is 11.8 Å². The number of aliphatic hydroxyl groups excluding tert-OH is 1. The smallest absolute Gasteiger partial charge is 0.128 e. The van der Waals surface area contributed by atoms with Gasteiger partial charge in [0, 0.05) is 0 Å². The zero-order valence-electron chi connectivity index (χ0n) is 17.4. The maximum atomic E-state index is 10.7. The van der Waals surface area contributed by atoms with Crippen molar-refractivity contribution in [3.05, 3.63) is 108 Å². The Kier molecular flexibility index (Phi) is 8.16. The first-order valence-electron chi connectivity index (χ1n) is 10.6. The predicted octanol–water partition coefficient (Wildman–Crippen LogP) is 4.81. The first-order chi connectivity index (χ1) is 15.3. The summed E-state index contributed by atoms with van der Waals surface area (Å²) in [7, 11) is 0.